The van der Waals surface area contributed by atoms with Crippen LogP contribution in [-0.2, 0) is 11.8 Å². The highest BCUT2D eigenvalue weighted by Crippen LogP contribution is 2.35. The van der Waals surface area contributed by atoms with Crippen LogP contribution in [0.4, 0.5) is 0 Å². The Morgan fingerprint density at radius 1 is 1.56 bits per heavy atom. The smallest absolute Gasteiger partial charge is 0.244 e. The molecule has 1 unspecified atom stereocenters. The summed E-state index contributed by atoms with van der Waals surface area (Å²) in [5, 5.41) is 4.08. The van der Waals surface area contributed by atoms with Crippen molar-refractivity contribution in [2.24, 2.45) is 18.7 Å². The molecule has 0 radical (unpaired) electrons. The Labute approximate surface area is 107 Å². The van der Waals surface area contributed by atoms with Crippen molar-refractivity contribution in [3.63, 3.8) is 0 Å². The third-order valence-corrected chi connectivity index (χ3v) is 3.77. The molecular weight excluding hydrogens is 228 g/mol. The van der Waals surface area contributed by atoms with Gasteiger partial charge in [-0.25, -0.2) is 0 Å². The number of carbonyl (C=O) groups excluding carboxylic acids is 1. The minimum atomic E-state index is -0.557. The number of rotatable bonds is 5. The molecule has 1 atom stereocenters. The lowest BCUT2D eigenvalue weighted by atomic mass is 10.1. The van der Waals surface area contributed by atoms with Gasteiger partial charge in [0, 0.05) is 31.4 Å². The number of nitrogens with zero attached hydrogens (tertiary/aromatic N) is 3. The van der Waals surface area contributed by atoms with Crippen molar-refractivity contribution < 1.29 is 4.79 Å². The van der Waals surface area contributed by atoms with Gasteiger partial charge in [0.05, 0.1) is 6.20 Å². The molecule has 1 aromatic heterocycles. The largest absolute Gasteiger partial charge is 0.338 e. The van der Waals surface area contributed by atoms with Gasteiger partial charge in [-0.15, -0.1) is 0 Å². The average molecular weight is 248 g/mol. The maximum Gasteiger partial charge on any atom is 0.244 e. The number of amides is 1. The molecule has 1 aromatic rings. The van der Waals surface area contributed by atoms with Gasteiger partial charge < -0.3 is 10.6 Å². The molecule has 2 fully saturated rings. The van der Waals surface area contributed by atoms with E-state index in [-0.39, 0.29) is 5.91 Å². The van der Waals surface area contributed by atoms with Gasteiger partial charge in [0.1, 0.15) is 6.04 Å². The van der Waals surface area contributed by atoms with Crippen LogP contribution < -0.4 is 5.73 Å². The molecule has 0 aliphatic heterocycles. The van der Waals surface area contributed by atoms with Crippen molar-refractivity contribution in [3.8, 4) is 0 Å². The maximum absolute atomic E-state index is 12.5. The zero-order valence-electron chi connectivity index (χ0n) is 10.7. The van der Waals surface area contributed by atoms with E-state index in [0.717, 1.165) is 30.9 Å². The van der Waals surface area contributed by atoms with Gasteiger partial charge in [-0.1, -0.05) is 0 Å². The topological polar surface area (TPSA) is 64.2 Å². The van der Waals surface area contributed by atoms with Crippen LogP contribution in [0.5, 0.6) is 0 Å². The van der Waals surface area contributed by atoms with Crippen LogP contribution in [0.1, 0.15) is 37.3 Å². The number of hydrogen-bond donors (Lipinski definition) is 1. The second-order valence-electron chi connectivity index (χ2n) is 5.59. The maximum atomic E-state index is 12.5. The minimum Gasteiger partial charge on any atom is -0.338 e. The molecule has 0 spiro atoms. The first-order valence-electron chi connectivity index (χ1n) is 6.70. The van der Waals surface area contributed by atoms with E-state index in [0.29, 0.717) is 6.04 Å². The van der Waals surface area contributed by atoms with Gasteiger partial charge in [-0.05, 0) is 31.6 Å². The van der Waals surface area contributed by atoms with E-state index in [1.54, 1.807) is 10.9 Å². The number of carbonyl (C=O) groups is 1. The quantitative estimate of drug-likeness (QED) is 0.839. The van der Waals surface area contributed by atoms with E-state index in [1.807, 2.05) is 18.1 Å². The van der Waals surface area contributed by atoms with Crippen molar-refractivity contribution in [1.29, 1.82) is 0 Å². The summed E-state index contributed by atoms with van der Waals surface area (Å²) in [6.07, 6.45) is 8.31. The van der Waals surface area contributed by atoms with E-state index < -0.39 is 6.04 Å². The summed E-state index contributed by atoms with van der Waals surface area (Å²) in [5.41, 5.74) is 6.88. The Kier molecular flexibility index (Phi) is 2.86. The summed E-state index contributed by atoms with van der Waals surface area (Å²) in [7, 11) is 1.84. The van der Waals surface area contributed by atoms with Gasteiger partial charge in [-0.3, -0.25) is 9.48 Å². The lowest BCUT2D eigenvalue weighted by Crippen LogP contribution is -2.41. The fourth-order valence-corrected chi connectivity index (χ4v) is 2.31. The molecule has 2 aliphatic rings. The summed E-state index contributed by atoms with van der Waals surface area (Å²) in [6.45, 7) is 0.900. The molecule has 2 saturated carbocycles. The Hall–Kier alpha value is -1.36. The van der Waals surface area contributed by atoms with Crippen LogP contribution >= 0.6 is 0 Å². The molecule has 2 aliphatic carbocycles. The third-order valence-electron chi connectivity index (χ3n) is 3.77. The Bertz CT molecular complexity index is 448. The third kappa shape index (κ3) is 2.41. The molecule has 5 heteroatoms. The fourth-order valence-electron chi connectivity index (χ4n) is 2.31. The van der Waals surface area contributed by atoms with Gasteiger partial charge >= 0.3 is 0 Å². The van der Waals surface area contributed by atoms with E-state index >= 15 is 0 Å². The molecule has 98 valence electrons. The summed E-state index contributed by atoms with van der Waals surface area (Å²) in [6, 6.07) is -0.112. The molecule has 1 heterocycles. The summed E-state index contributed by atoms with van der Waals surface area (Å²) in [5.74, 6) is 0.785. The second kappa shape index (κ2) is 4.39. The minimum absolute atomic E-state index is 0.0670. The normalized spacial score (nSPS) is 20.8. The van der Waals surface area contributed by atoms with Gasteiger partial charge in [0.25, 0.3) is 0 Å². The van der Waals surface area contributed by atoms with Crippen LogP contribution in [0.2, 0.25) is 0 Å². The van der Waals surface area contributed by atoms with Crippen LogP contribution in [-0.4, -0.2) is 33.2 Å². The zero-order valence-corrected chi connectivity index (χ0v) is 10.7. The molecular formula is C13H20N4O. The van der Waals surface area contributed by atoms with Crippen molar-refractivity contribution in [2.75, 3.05) is 6.54 Å². The highest BCUT2D eigenvalue weighted by atomic mass is 16.2. The standard InChI is InChI=1S/C13H20N4O/c1-16-8-10(6-15-16)12(14)13(18)17(11-4-5-11)7-9-2-3-9/h6,8-9,11-12H,2-5,7,14H2,1H3. The van der Waals surface area contributed by atoms with Crippen LogP contribution in [0.25, 0.3) is 0 Å². The first-order chi connectivity index (χ1) is 8.65. The highest BCUT2D eigenvalue weighted by molar-refractivity contribution is 5.83. The molecule has 0 saturated heterocycles. The molecule has 18 heavy (non-hydrogen) atoms. The van der Waals surface area contributed by atoms with E-state index in [2.05, 4.69) is 5.10 Å². The predicted octanol–water partition coefficient (Wildman–Crippen LogP) is 0.821. The predicted molar refractivity (Wildman–Crippen MR) is 67.6 cm³/mol. The number of hydrogen-bond acceptors (Lipinski definition) is 3. The Morgan fingerprint density at radius 3 is 2.78 bits per heavy atom. The Balaban J connectivity index is 1.70. The van der Waals surface area contributed by atoms with Crippen molar-refractivity contribution >= 4 is 5.91 Å². The molecule has 0 bridgehead atoms. The van der Waals surface area contributed by atoms with E-state index in [9.17, 15) is 4.79 Å². The fraction of sp³-hybridized carbons (Fsp3) is 0.692. The number of aryl methyl sites for hydroxylation is 1. The lowest BCUT2D eigenvalue weighted by Gasteiger charge is -2.25. The van der Waals surface area contributed by atoms with Crippen LogP contribution in [0, 0.1) is 5.92 Å². The summed E-state index contributed by atoms with van der Waals surface area (Å²) < 4.78 is 1.69. The van der Waals surface area contributed by atoms with Gasteiger partial charge in [0.15, 0.2) is 0 Å². The zero-order chi connectivity index (χ0) is 12.7. The number of aromatic nitrogens is 2. The molecule has 3 rings (SSSR count). The van der Waals surface area contributed by atoms with E-state index in [4.69, 9.17) is 5.73 Å². The second-order valence-corrected chi connectivity index (χ2v) is 5.59. The SMILES string of the molecule is Cn1cc(C(N)C(=O)N(CC2CC2)C2CC2)cn1. The van der Waals surface area contributed by atoms with Crippen molar-refractivity contribution in [1.82, 2.24) is 14.7 Å². The lowest BCUT2D eigenvalue weighted by molar-refractivity contribution is -0.133. The van der Waals surface area contributed by atoms with Crippen LogP contribution in [0.15, 0.2) is 12.4 Å². The molecule has 2 N–H and O–H groups in total. The first kappa shape index (κ1) is 11.7. The van der Waals surface area contributed by atoms with Gasteiger partial charge in [0.2, 0.25) is 5.91 Å². The van der Waals surface area contributed by atoms with Gasteiger partial charge in [-0.2, -0.15) is 5.10 Å². The first-order valence-corrected chi connectivity index (χ1v) is 6.70. The molecule has 0 aromatic carbocycles. The molecule has 5 nitrogen and oxygen atoms in total. The summed E-state index contributed by atoms with van der Waals surface area (Å²) in [4.78, 5) is 14.5. The van der Waals surface area contributed by atoms with Crippen molar-refractivity contribution in [3.05, 3.63) is 18.0 Å². The Morgan fingerprint density at radius 2 is 2.28 bits per heavy atom. The summed E-state index contributed by atoms with van der Waals surface area (Å²) >= 11 is 0. The average Bonchev–Trinajstić information content (AvgIpc) is 3.24. The van der Waals surface area contributed by atoms with Crippen LogP contribution in [0.3, 0.4) is 0 Å². The number of nitrogens with two attached hydrogens (primary N) is 1. The molecule has 1 amide bonds. The van der Waals surface area contributed by atoms with E-state index in [1.165, 1.54) is 12.8 Å². The monoisotopic (exact) mass is 248 g/mol. The van der Waals surface area contributed by atoms with Crippen molar-refractivity contribution in [2.45, 2.75) is 37.8 Å². The highest BCUT2D eigenvalue weighted by Gasteiger charge is 2.38.